The maximum absolute atomic E-state index is 12.7. The van der Waals surface area contributed by atoms with Crippen molar-refractivity contribution in [2.75, 3.05) is 11.9 Å². The number of nitrogens with one attached hydrogen (secondary N) is 4. The Hall–Kier alpha value is -3.76. The Labute approximate surface area is 182 Å². The van der Waals surface area contributed by atoms with E-state index in [0.717, 1.165) is 12.1 Å². The van der Waals surface area contributed by atoms with Crippen molar-refractivity contribution in [1.29, 1.82) is 0 Å². The second-order valence-electron chi connectivity index (χ2n) is 7.60. The molecular weight excluding hydrogens is 429 g/mol. The second kappa shape index (κ2) is 10.0. The van der Waals surface area contributed by atoms with Gasteiger partial charge in [-0.1, -0.05) is 12.1 Å². The Morgan fingerprint density at radius 1 is 0.906 bits per heavy atom. The zero-order valence-electron chi connectivity index (χ0n) is 17.6. The number of rotatable bonds is 5. The molecule has 0 fully saturated rings. The van der Waals surface area contributed by atoms with E-state index >= 15 is 0 Å². The lowest BCUT2D eigenvalue weighted by atomic mass is 10.1. The second-order valence-corrected chi connectivity index (χ2v) is 7.60. The molecule has 0 radical (unpaired) electrons. The summed E-state index contributed by atoms with van der Waals surface area (Å²) in [5, 5.41) is 5.11. The molecule has 0 atom stereocenters. The molecule has 2 rings (SSSR count). The van der Waals surface area contributed by atoms with E-state index in [0.29, 0.717) is 11.4 Å². The van der Waals surface area contributed by atoms with Gasteiger partial charge in [-0.3, -0.25) is 20.4 Å². The summed E-state index contributed by atoms with van der Waals surface area (Å²) in [7, 11) is 0. The van der Waals surface area contributed by atoms with E-state index in [4.69, 9.17) is 4.74 Å². The first-order valence-corrected chi connectivity index (χ1v) is 9.44. The third kappa shape index (κ3) is 7.82. The monoisotopic (exact) mass is 452 g/mol. The number of carbonyl (C=O) groups is 3. The number of ether oxygens (including phenoxy) is 1. The van der Waals surface area contributed by atoms with Gasteiger partial charge in [0.25, 0.3) is 11.8 Å². The van der Waals surface area contributed by atoms with Gasteiger partial charge in [-0.2, -0.15) is 13.2 Å². The molecule has 4 N–H and O–H groups in total. The summed E-state index contributed by atoms with van der Waals surface area (Å²) in [6.45, 7) is 4.58. The van der Waals surface area contributed by atoms with Crippen LogP contribution in [0.25, 0.3) is 0 Å². The smallest absolute Gasteiger partial charge is 0.416 e. The zero-order chi connectivity index (χ0) is 23.9. The fourth-order valence-electron chi connectivity index (χ4n) is 2.39. The minimum atomic E-state index is -4.45. The molecule has 0 saturated heterocycles. The summed E-state index contributed by atoms with van der Waals surface area (Å²) in [4.78, 5) is 35.8. The highest BCUT2D eigenvalue weighted by molar-refractivity contribution is 6.01. The topological polar surface area (TPSA) is 109 Å². The summed E-state index contributed by atoms with van der Waals surface area (Å²) < 4.78 is 43.1. The van der Waals surface area contributed by atoms with Crippen molar-refractivity contribution in [2.24, 2.45) is 0 Å². The number of alkyl halides is 3. The zero-order valence-corrected chi connectivity index (χ0v) is 17.6. The molecule has 11 heteroatoms. The summed E-state index contributed by atoms with van der Waals surface area (Å²) >= 11 is 0. The average molecular weight is 452 g/mol. The minimum Gasteiger partial charge on any atom is -0.444 e. The van der Waals surface area contributed by atoms with Crippen LogP contribution in [0.2, 0.25) is 0 Å². The fraction of sp³-hybridized carbons (Fsp3) is 0.286. The van der Waals surface area contributed by atoms with E-state index in [9.17, 15) is 27.6 Å². The van der Waals surface area contributed by atoms with E-state index < -0.39 is 41.8 Å². The van der Waals surface area contributed by atoms with Gasteiger partial charge in [-0.05, 0) is 57.2 Å². The van der Waals surface area contributed by atoms with Gasteiger partial charge in [0.15, 0.2) is 0 Å². The quantitative estimate of drug-likeness (QED) is 0.517. The van der Waals surface area contributed by atoms with Crippen LogP contribution in [0.5, 0.6) is 0 Å². The average Bonchev–Trinajstić information content (AvgIpc) is 2.69. The number of hydrazine groups is 1. The van der Waals surface area contributed by atoms with Gasteiger partial charge < -0.3 is 15.4 Å². The van der Waals surface area contributed by atoms with E-state index in [-0.39, 0.29) is 5.56 Å². The maximum atomic E-state index is 12.7. The third-order valence-corrected chi connectivity index (χ3v) is 3.77. The lowest BCUT2D eigenvalue weighted by Gasteiger charge is -2.19. The predicted molar refractivity (Wildman–Crippen MR) is 111 cm³/mol. The Bertz CT molecular complexity index is 970. The van der Waals surface area contributed by atoms with E-state index in [1.165, 1.54) is 18.2 Å². The third-order valence-electron chi connectivity index (χ3n) is 3.77. The van der Waals surface area contributed by atoms with Crippen molar-refractivity contribution in [3.8, 4) is 0 Å². The van der Waals surface area contributed by atoms with Crippen LogP contribution in [0.15, 0.2) is 48.5 Å². The number of halogens is 3. The number of hydrogen-bond acceptors (Lipinski definition) is 5. The maximum Gasteiger partial charge on any atom is 0.416 e. The van der Waals surface area contributed by atoms with E-state index in [1.54, 1.807) is 39.0 Å². The van der Waals surface area contributed by atoms with Crippen LogP contribution in [0.3, 0.4) is 0 Å². The summed E-state index contributed by atoms with van der Waals surface area (Å²) in [5.74, 6) is -1.37. The number of para-hydroxylation sites is 1. The molecule has 0 saturated carbocycles. The van der Waals surface area contributed by atoms with Gasteiger partial charge in [0.2, 0.25) is 0 Å². The molecule has 2 aromatic rings. The van der Waals surface area contributed by atoms with Crippen molar-refractivity contribution < 1.29 is 32.3 Å². The molecule has 0 aliphatic heterocycles. The van der Waals surface area contributed by atoms with Crippen molar-refractivity contribution >= 4 is 29.3 Å². The largest absolute Gasteiger partial charge is 0.444 e. The molecule has 0 unspecified atom stereocenters. The molecule has 3 amide bonds. The molecule has 172 valence electrons. The van der Waals surface area contributed by atoms with Crippen LogP contribution in [0, 0.1) is 0 Å². The first kappa shape index (κ1) is 24.5. The molecule has 0 aliphatic rings. The van der Waals surface area contributed by atoms with Gasteiger partial charge >= 0.3 is 12.3 Å². The summed E-state index contributed by atoms with van der Waals surface area (Å²) in [6, 6.07) is 10.5. The van der Waals surface area contributed by atoms with Gasteiger partial charge in [0.1, 0.15) is 12.1 Å². The number of hydrogen-bond donors (Lipinski definition) is 4. The molecule has 32 heavy (non-hydrogen) atoms. The van der Waals surface area contributed by atoms with Crippen LogP contribution in [0.1, 0.15) is 36.7 Å². The minimum absolute atomic E-state index is 0.132. The summed E-state index contributed by atoms with van der Waals surface area (Å²) in [5.41, 5.74) is 3.62. The molecule has 0 bridgehead atoms. The van der Waals surface area contributed by atoms with Crippen molar-refractivity contribution in [2.45, 2.75) is 32.5 Å². The Balaban J connectivity index is 1.94. The molecule has 0 aliphatic carbocycles. The van der Waals surface area contributed by atoms with Crippen molar-refractivity contribution in [3.63, 3.8) is 0 Å². The SMILES string of the molecule is CC(C)(C)OC(=O)NCC(=O)NNC(=O)c1ccccc1Nc1ccc(C(F)(F)F)cc1. The number of benzene rings is 2. The molecular formula is C21H23F3N4O4. The first-order chi connectivity index (χ1) is 14.8. The Kier molecular flexibility index (Phi) is 7.68. The number of anilines is 2. The Morgan fingerprint density at radius 3 is 2.12 bits per heavy atom. The molecule has 0 aromatic heterocycles. The Morgan fingerprint density at radius 2 is 1.53 bits per heavy atom. The molecule has 2 aromatic carbocycles. The van der Waals surface area contributed by atoms with Gasteiger partial charge in [-0.15, -0.1) is 0 Å². The summed E-state index contributed by atoms with van der Waals surface area (Å²) in [6.07, 6.45) is -5.24. The molecule has 0 heterocycles. The van der Waals surface area contributed by atoms with Crippen molar-refractivity contribution in [1.82, 2.24) is 16.2 Å². The lowest BCUT2D eigenvalue weighted by Crippen LogP contribution is -2.47. The first-order valence-electron chi connectivity index (χ1n) is 9.44. The standard InChI is InChI=1S/C21H23F3N4O4/c1-20(2,3)32-19(31)25-12-17(29)27-28-18(30)15-6-4-5-7-16(15)26-14-10-8-13(9-11-14)21(22,23)24/h4-11,26H,12H2,1-3H3,(H,25,31)(H,27,29)(H,28,30). The highest BCUT2D eigenvalue weighted by atomic mass is 19.4. The van der Waals surface area contributed by atoms with E-state index in [2.05, 4.69) is 21.5 Å². The number of alkyl carbamates (subject to hydrolysis) is 1. The molecule has 0 spiro atoms. The highest BCUT2D eigenvalue weighted by Crippen LogP contribution is 2.30. The fourth-order valence-corrected chi connectivity index (χ4v) is 2.39. The predicted octanol–water partition coefficient (Wildman–Crippen LogP) is 3.73. The lowest BCUT2D eigenvalue weighted by molar-refractivity contribution is -0.137. The van der Waals surface area contributed by atoms with Crippen LogP contribution in [-0.4, -0.2) is 30.1 Å². The normalized spacial score (nSPS) is 11.3. The highest BCUT2D eigenvalue weighted by Gasteiger charge is 2.30. The van der Waals surface area contributed by atoms with Crippen LogP contribution in [0.4, 0.5) is 29.3 Å². The van der Waals surface area contributed by atoms with Crippen LogP contribution in [-0.2, 0) is 15.7 Å². The molecule has 8 nitrogen and oxygen atoms in total. The van der Waals surface area contributed by atoms with Crippen LogP contribution >= 0.6 is 0 Å². The van der Waals surface area contributed by atoms with Gasteiger partial charge in [0.05, 0.1) is 16.8 Å². The van der Waals surface area contributed by atoms with E-state index in [1.807, 2.05) is 0 Å². The number of amides is 3. The van der Waals surface area contributed by atoms with Gasteiger partial charge in [0, 0.05) is 5.69 Å². The number of carbonyl (C=O) groups excluding carboxylic acids is 3. The van der Waals surface area contributed by atoms with Gasteiger partial charge in [-0.25, -0.2) is 4.79 Å². The van der Waals surface area contributed by atoms with Crippen molar-refractivity contribution in [3.05, 3.63) is 59.7 Å². The van der Waals surface area contributed by atoms with Crippen LogP contribution < -0.4 is 21.5 Å².